The van der Waals surface area contributed by atoms with Gasteiger partial charge in [0.05, 0.1) is 0 Å². The molecule has 2 rings (SSSR count). The van der Waals surface area contributed by atoms with Crippen molar-refractivity contribution in [3.63, 3.8) is 0 Å². The second kappa shape index (κ2) is 6.70. The first-order valence-corrected chi connectivity index (χ1v) is 6.81. The lowest BCUT2D eigenvalue weighted by Crippen LogP contribution is -2.44. The first kappa shape index (κ1) is 14.0. The fourth-order valence-corrected chi connectivity index (χ4v) is 2.42. The lowest BCUT2D eigenvalue weighted by atomic mass is 9.96. The second-order valence-corrected chi connectivity index (χ2v) is 5.20. The molecule has 0 amide bonds. The van der Waals surface area contributed by atoms with E-state index in [4.69, 9.17) is 6.42 Å². The Morgan fingerprint density at radius 3 is 2.42 bits per heavy atom. The fraction of sp³-hybridized carbons (Fsp3) is 0.500. The van der Waals surface area contributed by atoms with Gasteiger partial charge in [0.25, 0.3) is 0 Å². The number of benzene rings is 1. The lowest BCUT2D eigenvalue weighted by molar-refractivity contribution is 0.152. The van der Waals surface area contributed by atoms with Gasteiger partial charge in [0.15, 0.2) is 0 Å². The number of nitrogens with zero attached hydrogens (tertiary/aromatic N) is 2. The molecule has 1 aromatic carbocycles. The first-order valence-electron chi connectivity index (χ1n) is 6.81. The van der Waals surface area contributed by atoms with Crippen LogP contribution in [0.4, 0.5) is 4.39 Å². The zero-order valence-corrected chi connectivity index (χ0v) is 11.5. The Labute approximate surface area is 115 Å². The van der Waals surface area contributed by atoms with E-state index < -0.39 is 0 Å². The maximum atomic E-state index is 12.9. The van der Waals surface area contributed by atoms with E-state index in [9.17, 15) is 4.39 Å². The van der Waals surface area contributed by atoms with Crippen LogP contribution < -0.4 is 0 Å². The van der Waals surface area contributed by atoms with Crippen LogP contribution in [-0.4, -0.2) is 49.6 Å². The average Bonchev–Trinajstić information content (AvgIpc) is 2.43. The molecule has 3 heteroatoms. The molecule has 102 valence electrons. The summed E-state index contributed by atoms with van der Waals surface area (Å²) in [6, 6.07) is 6.55. The summed E-state index contributed by atoms with van der Waals surface area (Å²) in [4.78, 5) is 4.79. The minimum absolute atomic E-state index is 0.0836. The number of likely N-dealkylation sites (N-methyl/N-ethyl adjacent to an activating group) is 1. The summed E-state index contributed by atoms with van der Waals surface area (Å²) in [6.07, 6.45) is 6.55. The van der Waals surface area contributed by atoms with E-state index in [1.54, 1.807) is 12.1 Å². The van der Waals surface area contributed by atoms with Crippen LogP contribution >= 0.6 is 0 Å². The maximum Gasteiger partial charge on any atom is 0.123 e. The van der Waals surface area contributed by atoms with Crippen LogP contribution in [0.15, 0.2) is 24.3 Å². The molecule has 0 N–H and O–H groups in total. The van der Waals surface area contributed by atoms with Crippen LogP contribution in [0, 0.1) is 18.2 Å². The van der Waals surface area contributed by atoms with Crippen LogP contribution in [0.2, 0.25) is 0 Å². The molecule has 2 nitrogen and oxygen atoms in total. The Morgan fingerprint density at radius 1 is 1.21 bits per heavy atom. The Morgan fingerprint density at radius 2 is 1.84 bits per heavy atom. The summed E-state index contributed by atoms with van der Waals surface area (Å²) in [5, 5.41) is 0. The predicted octanol–water partition coefficient (Wildman–Crippen LogP) is 2.18. The van der Waals surface area contributed by atoms with E-state index in [-0.39, 0.29) is 11.7 Å². The third kappa shape index (κ3) is 4.05. The minimum Gasteiger partial charge on any atom is -0.304 e. The number of terminal acetylenes is 1. The highest BCUT2D eigenvalue weighted by Crippen LogP contribution is 2.20. The largest absolute Gasteiger partial charge is 0.304 e. The van der Waals surface area contributed by atoms with Crippen molar-refractivity contribution in [2.24, 2.45) is 0 Å². The molecule has 1 aliphatic rings. The van der Waals surface area contributed by atoms with Crippen molar-refractivity contribution in [1.82, 2.24) is 9.80 Å². The van der Waals surface area contributed by atoms with Crippen LogP contribution in [0.3, 0.4) is 0 Å². The SMILES string of the molecule is C#CC(CCN1CCN(C)CC1)c1ccc(F)cc1. The number of hydrogen-bond acceptors (Lipinski definition) is 2. The molecule has 0 radical (unpaired) electrons. The molecule has 1 unspecified atom stereocenters. The summed E-state index contributed by atoms with van der Waals surface area (Å²) in [5.41, 5.74) is 1.04. The molecule has 1 aromatic rings. The molecule has 1 heterocycles. The monoisotopic (exact) mass is 260 g/mol. The molecule has 19 heavy (non-hydrogen) atoms. The van der Waals surface area contributed by atoms with E-state index >= 15 is 0 Å². The van der Waals surface area contributed by atoms with Gasteiger partial charge in [0, 0.05) is 32.1 Å². The normalized spacial score (nSPS) is 19.0. The number of rotatable bonds is 4. The van der Waals surface area contributed by atoms with Crippen LogP contribution in [0.5, 0.6) is 0 Å². The van der Waals surface area contributed by atoms with Gasteiger partial charge in [-0.05, 0) is 37.7 Å². The molecule has 0 aromatic heterocycles. The zero-order chi connectivity index (χ0) is 13.7. The highest BCUT2D eigenvalue weighted by molar-refractivity contribution is 5.26. The van der Waals surface area contributed by atoms with Gasteiger partial charge in [-0.25, -0.2) is 4.39 Å². The van der Waals surface area contributed by atoms with Crippen LogP contribution in [-0.2, 0) is 0 Å². The van der Waals surface area contributed by atoms with Gasteiger partial charge in [-0.3, -0.25) is 0 Å². The predicted molar refractivity (Wildman–Crippen MR) is 76.5 cm³/mol. The first-order chi connectivity index (χ1) is 9.19. The third-order valence-corrected chi connectivity index (χ3v) is 3.80. The van der Waals surface area contributed by atoms with Crippen molar-refractivity contribution in [2.75, 3.05) is 39.8 Å². The van der Waals surface area contributed by atoms with Crippen molar-refractivity contribution >= 4 is 0 Å². The van der Waals surface area contributed by atoms with Crippen molar-refractivity contribution in [1.29, 1.82) is 0 Å². The Bertz CT molecular complexity index is 427. The molecule has 1 fully saturated rings. The molecule has 1 aliphatic heterocycles. The highest BCUT2D eigenvalue weighted by atomic mass is 19.1. The highest BCUT2D eigenvalue weighted by Gasteiger charge is 2.15. The average molecular weight is 260 g/mol. The summed E-state index contributed by atoms with van der Waals surface area (Å²) in [5.74, 6) is 2.70. The fourth-order valence-electron chi connectivity index (χ4n) is 2.42. The molecular formula is C16H21FN2. The molecule has 1 atom stereocenters. The standard InChI is InChI=1S/C16H21FN2/c1-3-14(15-4-6-16(17)7-5-15)8-9-19-12-10-18(2)11-13-19/h1,4-7,14H,8-13H2,2H3. The van der Waals surface area contributed by atoms with Crippen molar-refractivity contribution < 1.29 is 4.39 Å². The minimum atomic E-state index is -0.210. The maximum absolute atomic E-state index is 12.9. The number of hydrogen-bond donors (Lipinski definition) is 0. The Balaban J connectivity index is 1.86. The second-order valence-electron chi connectivity index (χ2n) is 5.20. The van der Waals surface area contributed by atoms with Crippen molar-refractivity contribution in [3.05, 3.63) is 35.6 Å². The Kier molecular flexibility index (Phi) is 4.95. The van der Waals surface area contributed by atoms with E-state index in [1.807, 2.05) is 0 Å². The number of halogens is 1. The number of piperazine rings is 1. The van der Waals surface area contributed by atoms with Gasteiger partial charge in [0.1, 0.15) is 5.82 Å². The summed E-state index contributed by atoms with van der Waals surface area (Å²) in [6.45, 7) is 5.48. The van der Waals surface area contributed by atoms with E-state index in [0.717, 1.165) is 44.7 Å². The van der Waals surface area contributed by atoms with E-state index in [1.165, 1.54) is 12.1 Å². The van der Waals surface area contributed by atoms with Gasteiger partial charge < -0.3 is 9.80 Å². The molecule has 0 saturated carbocycles. The van der Waals surface area contributed by atoms with E-state index in [0.29, 0.717) is 0 Å². The van der Waals surface area contributed by atoms with Gasteiger partial charge in [-0.2, -0.15) is 0 Å². The van der Waals surface area contributed by atoms with Gasteiger partial charge in [-0.1, -0.05) is 18.1 Å². The topological polar surface area (TPSA) is 6.48 Å². The smallest absolute Gasteiger partial charge is 0.123 e. The molecule has 0 spiro atoms. The van der Waals surface area contributed by atoms with Gasteiger partial charge in [0.2, 0.25) is 0 Å². The van der Waals surface area contributed by atoms with Gasteiger partial charge >= 0.3 is 0 Å². The third-order valence-electron chi connectivity index (χ3n) is 3.80. The van der Waals surface area contributed by atoms with E-state index in [2.05, 4.69) is 22.8 Å². The summed E-state index contributed by atoms with van der Waals surface area (Å²) >= 11 is 0. The molecule has 0 aliphatic carbocycles. The van der Waals surface area contributed by atoms with Crippen LogP contribution in [0.1, 0.15) is 17.9 Å². The molecule has 0 bridgehead atoms. The molecular weight excluding hydrogens is 239 g/mol. The Hall–Kier alpha value is -1.37. The summed E-state index contributed by atoms with van der Waals surface area (Å²) < 4.78 is 12.9. The quantitative estimate of drug-likeness (QED) is 0.766. The lowest BCUT2D eigenvalue weighted by Gasteiger charge is -2.32. The zero-order valence-electron chi connectivity index (χ0n) is 11.5. The van der Waals surface area contributed by atoms with Gasteiger partial charge in [-0.15, -0.1) is 6.42 Å². The van der Waals surface area contributed by atoms with Crippen molar-refractivity contribution in [3.8, 4) is 12.3 Å². The van der Waals surface area contributed by atoms with Crippen LogP contribution in [0.25, 0.3) is 0 Å². The van der Waals surface area contributed by atoms with Crippen molar-refractivity contribution in [2.45, 2.75) is 12.3 Å². The molecule has 1 saturated heterocycles. The summed E-state index contributed by atoms with van der Waals surface area (Å²) in [7, 11) is 2.15.